The monoisotopic (exact) mass is 357 g/mol. The Labute approximate surface area is 149 Å². The first-order valence-electron chi connectivity index (χ1n) is 7.42. The number of methoxy groups -OCH3 is 1. The minimum Gasteiger partial charge on any atom is -0.480 e. The fourth-order valence-corrected chi connectivity index (χ4v) is 2.61. The molecule has 1 amide bonds. The molecule has 3 aromatic rings. The molecule has 25 heavy (non-hydrogen) atoms. The van der Waals surface area contributed by atoms with E-state index < -0.39 is 0 Å². The van der Waals surface area contributed by atoms with E-state index >= 15 is 0 Å². The molecule has 0 aliphatic rings. The van der Waals surface area contributed by atoms with Crippen LogP contribution in [0, 0.1) is 0 Å². The predicted molar refractivity (Wildman–Crippen MR) is 95.0 cm³/mol. The number of aromatic nitrogens is 4. The number of amides is 1. The van der Waals surface area contributed by atoms with Crippen molar-refractivity contribution in [2.75, 3.05) is 19.1 Å². The molecule has 0 aliphatic heterocycles. The number of imidazole rings is 1. The van der Waals surface area contributed by atoms with Crippen molar-refractivity contribution in [3.63, 3.8) is 0 Å². The van der Waals surface area contributed by atoms with Crippen LogP contribution in [0.3, 0.4) is 0 Å². The van der Waals surface area contributed by atoms with Crippen LogP contribution < -0.4 is 9.64 Å². The van der Waals surface area contributed by atoms with E-state index in [-0.39, 0.29) is 5.91 Å². The summed E-state index contributed by atoms with van der Waals surface area (Å²) in [7, 11) is 4.96. The van der Waals surface area contributed by atoms with Gasteiger partial charge in [-0.25, -0.2) is 9.97 Å². The van der Waals surface area contributed by atoms with Crippen molar-refractivity contribution < 1.29 is 9.53 Å². The molecule has 3 rings (SSSR count). The summed E-state index contributed by atoms with van der Waals surface area (Å²) in [6.45, 7) is 0. The van der Waals surface area contributed by atoms with Crippen LogP contribution in [0.4, 0.5) is 5.69 Å². The smallest absolute Gasteiger partial charge is 0.276 e. The van der Waals surface area contributed by atoms with Crippen molar-refractivity contribution in [1.29, 1.82) is 0 Å². The fourth-order valence-electron chi connectivity index (χ4n) is 2.45. The molecular weight excluding hydrogens is 342 g/mol. The Hall–Kier alpha value is -2.93. The number of halogens is 1. The Morgan fingerprint density at radius 2 is 2.08 bits per heavy atom. The molecule has 3 heterocycles. The molecule has 0 aliphatic carbocycles. The van der Waals surface area contributed by atoms with Crippen LogP contribution in [0.1, 0.15) is 10.5 Å². The Balaban J connectivity index is 1.99. The van der Waals surface area contributed by atoms with Crippen LogP contribution >= 0.6 is 11.6 Å². The fraction of sp³-hybridized carbons (Fsp3) is 0.176. The van der Waals surface area contributed by atoms with E-state index in [4.69, 9.17) is 16.3 Å². The standard InChI is InChI=1S/C17H16ClN5O2/c1-22(12-5-4-6-19-9-12)17(24)14-10-20-15(23(14)2)13-7-11(18)8-21-16(13)25-3/h4-10H,1-3H3. The Bertz CT molecular complexity index is 911. The zero-order valence-corrected chi connectivity index (χ0v) is 14.7. The minimum absolute atomic E-state index is 0.205. The number of nitrogens with zero attached hydrogens (tertiary/aromatic N) is 5. The Morgan fingerprint density at radius 3 is 2.76 bits per heavy atom. The number of hydrogen-bond acceptors (Lipinski definition) is 5. The predicted octanol–water partition coefficient (Wildman–Crippen LogP) is 2.82. The molecule has 0 radical (unpaired) electrons. The average molecular weight is 358 g/mol. The maximum atomic E-state index is 12.8. The van der Waals surface area contributed by atoms with E-state index in [1.165, 1.54) is 24.4 Å². The van der Waals surface area contributed by atoms with Crippen molar-refractivity contribution in [2.24, 2.45) is 7.05 Å². The van der Waals surface area contributed by atoms with Crippen molar-refractivity contribution in [3.05, 3.63) is 53.7 Å². The largest absolute Gasteiger partial charge is 0.480 e. The zero-order chi connectivity index (χ0) is 18.0. The first kappa shape index (κ1) is 16.9. The van der Waals surface area contributed by atoms with Gasteiger partial charge in [-0.15, -0.1) is 0 Å². The lowest BCUT2D eigenvalue weighted by atomic mass is 10.2. The normalized spacial score (nSPS) is 10.6. The Kier molecular flexibility index (Phi) is 4.67. The zero-order valence-electron chi connectivity index (χ0n) is 14.0. The molecule has 128 valence electrons. The van der Waals surface area contributed by atoms with Gasteiger partial charge in [0.15, 0.2) is 0 Å². The second kappa shape index (κ2) is 6.90. The summed E-state index contributed by atoms with van der Waals surface area (Å²) in [4.78, 5) is 26.8. The quantitative estimate of drug-likeness (QED) is 0.717. The van der Waals surface area contributed by atoms with Crippen LogP contribution in [0.25, 0.3) is 11.4 Å². The van der Waals surface area contributed by atoms with E-state index in [0.29, 0.717) is 33.7 Å². The lowest BCUT2D eigenvalue weighted by Gasteiger charge is -2.17. The van der Waals surface area contributed by atoms with Gasteiger partial charge in [0.2, 0.25) is 5.88 Å². The van der Waals surface area contributed by atoms with Gasteiger partial charge in [-0.1, -0.05) is 11.6 Å². The number of pyridine rings is 2. The first-order chi connectivity index (χ1) is 12.0. The summed E-state index contributed by atoms with van der Waals surface area (Å²) in [6, 6.07) is 5.29. The highest BCUT2D eigenvalue weighted by Gasteiger charge is 2.21. The molecule has 0 bridgehead atoms. The second-order valence-corrected chi connectivity index (χ2v) is 5.75. The summed E-state index contributed by atoms with van der Waals surface area (Å²) in [5.41, 5.74) is 1.72. The summed E-state index contributed by atoms with van der Waals surface area (Å²) in [5.74, 6) is 0.718. The number of carbonyl (C=O) groups is 1. The number of ether oxygens (including phenoxy) is 1. The third-order valence-electron chi connectivity index (χ3n) is 3.80. The van der Waals surface area contributed by atoms with Crippen LogP contribution in [-0.2, 0) is 7.05 Å². The average Bonchev–Trinajstić information content (AvgIpc) is 3.02. The van der Waals surface area contributed by atoms with Crippen molar-refractivity contribution in [3.8, 4) is 17.3 Å². The summed E-state index contributed by atoms with van der Waals surface area (Å²) >= 11 is 6.04. The maximum absolute atomic E-state index is 12.8. The van der Waals surface area contributed by atoms with Gasteiger partial charge in [-0.3, -0.25) is 9.78 Å². The van der Waals surface area contributed by atoms with Gasteiger partial charge < -0.3 is 14.2 Å². The first-order valence-corrected chi connectivity index (χ1v) is 7.80. The van der Waals surface area contributed by atoms with Gasteiger partial charge in [0.25, 0.3) is 5.91 Å². The number of hydrogen-bond donors (Lipinski definition) is 0. The van der Waals surface area contributed by atoms with E-state index in [1.54, 1.807) is 43.2 Å². The van der Waals surface area contributed by atoms with Gasteiger partial charge in [-0.05, 0) is 18.2 Å². The highest BCUT2D eigenvalue weighted by Crippen LogP contribution is 2.30. The molecule has 0 saturated carbocycles. The molecule has 0 saturated heterocycles. The summed E-state index contributed by atoms with van der Waals surface area (Å²) in [6.07, 6.45) is 6.29. The van der Waals surface area contributed by atoms with E-state index in [2.05, 4.69) is 15.0 Å². The van der Waals surface area contributed by atoms with E-state index in [1.807, 2.05) is 6.07 Å². The summed E-state index contributed by atoms with van der Waals surface area (Å²) in [5, 5.41) is 0.458. The van der Waals surface area contributed by atoms with Crippen molar-refractivity contribution in [2.45, 2.75) is 0 Å². The Morgan fingerprint density at radius 1 is 1.28 bits per heavy atom. The van der Waals surface area contributed by atoms with Crippen LogP contribution in [-0.4, -0.2) is 39.6 Å². The van der Waals surface area contributed by atoms with Crippen molar-refractivity contribution in [1.82, 2.24) is 19.5 Å². The summed E-state index contributed by atoms with van der Waals surface area (Å²) < 4.78 is 6.96. The maximum Gasteiger partial charge on any atom is 0.276 e. The molecule has 0 spiro atoms. The van der Waals surface area contributed by atoms with E-state index in [9.17, 15) is 4.79 Å². The highest BCUT2D eigenvalue weighted by atomic mass is 35.5. The third-order valence-corrected chi connectivity index (χ3v) is 4.00. The lowest BCUT2D eigenvalue weighted by molar-refractivity contribution is 0.0985. The SMILES string of the molecule is COc1ncc(Cl)cc1-c1ncc(C(=O)N(C)c2cccnc2)n1C. The number of rotatable bonds is 4. The van der Waals surface area contributed by atoms with Gasteiger partial charge >= 0.3 is 0 Å². The van der Waals surface area contributed by atoms with Crippen LogP contribution in [0.5, 0.6) is 5.88 Å². The molecule has 8 heteroatoms. The second-order valence-electron chi connectivity index (χ2n) is 5.31. The molecular formula is C17H16ClN5O2. The molecule has 0 aromatic carbocycles. The van der Waals surface area contributed by atoms with E-state index in [0.717, 1.165) is 0 Å². The highest BCUT2D eigenvalue weighted by molar-refractivity contribution is 6.30. The van der Waals surface area contributed by atoms with Gasteiger partial charge in [0, 0.05) is 26.5 Å². The third kappa shape index (κ3) is 3.18. The van der Waals surface area contributed by atoms with Crippen LogP contribution in [0.2, 0.25) is 5.02 Å². The minimum atomic E-state index is -0.205. The van der Waals surface area contributed by atoms with Crippen LogP contribution in [0.15, 0.2) is 43.0 Å². The molecule has 7 nitrogen and oxygen atoms in total. The van der Waals surface area contributed by atoms with Gasteiger partial charge in [0.05, 0.1) is 35.8 Å². The van der Waals surface area contributed by atoms with Crippen molar-refractivity contribution >= 4 is 23.2 Å². The lowest BCUT2D eigenvalue weighted by Crippen LogP contribution is -2.28. The topological polar surface area (TPSA) is 73.1 Å². The molecule has 0 atom stereocenters. The molecule has 0 N–H and O–H groups in total. The van der Waals surface area contributed by atoms with Gasteiger partial charge in [-0.2, -0.15) is 0 Å². The molecule has 3 aromatic heterocycles. The molecule has 0 unspecified atom stereocenters. The number of anilines is 1. The van der Waals surface area contributed by atoms with Gasteiger partial charge in [0.1, 0.15) is 11.5 Å². The molecule has 0 fully saturated rings. The number of carbonyl (C=O) groups excluding carboxylic acids is 1.